The summed E-state index contributed by atoms with van der Waals surface area (Å²) in [6.07, 6.45) is 3.27. The maximum Gasteiger partial charge on any atom is 0.293 e. The van der Waals surface area contributed by atoms with Crippen molar-refractivity contribution < 1.29 is 19.1 Å². The van der Waals surface area contributed by atoms with Gasteiger partial charge in [-0.2, -0.15) is 0 Å². The Morgan fingerprint density at radius 2 is 1.93 bits per heavy atom. The molecule has 2 aromatic rings. The molecule has 0 spiro atoms. The monoisotopic (exact) mass is 415 g/mol. The van der Waals surface area contributed by atoms with Gasteiger partial charge in [0.2, 0.25) is 0 Å². The predicted octanol–water partition coefficient (Wildman–Crippen LogP) is 5.15. The summed E-state index contributed by atoms with van der Waals surface area (Å²) in [5.74, 6) is 0.688. The second kappa shape index (κ2) is 8.99. The SMILES string of the molecule is C=CCOc1c(/C=C2\SC(=O)N(Cc3ccc(Cl)cc3)C2=O)cccc1OC. The van der Waals surface area contributed by atoms with Gasteiger partial charge in [0.1, 0.15) is 6.61 Å². The van der Waals surface area contributed by atoms with E-state index in [4.69, 9.17) is 21.1 Å². The highest BCUT2D eigenvalue weighted by Crippen LogP contribution is 2.37. The molecule has 7 heteroatoms. The minimum absolute atomic E-state index is 0.192. The number of thioether (sulfide) groups is 1. The lowest BCUT2D eigenvalue weighted by Crippen LogP contribution is -2.27. The van der Waals surface area contributed by atoms with Crippen LogP contribution in [0.3, 0.4) is 0 Å². The molecule has 1 heterocycles. The maximum absolute atomic E-state index is 12.8. The third-order valence-electron chi connectivity index (χ3n) is 3.99. The van der Waals surface area contributed by atoms with Crippen molar-refractivity contribution in [3.63, 3.8) is 0 Å². The number of para-hydroxylation sites is 1. The van der Waals surface area contributed by atoms with Gasteiger partial charge in [-0.3, -0.25) is 14.5 Å². The number of rotatable bonds is 7. The molecule has 3 rings (SSSR count). The van der Waals surface area contributed by atoms with Gasteiger partial charge in [0, 0.05) is 10.6 Å². The molecule has 0 radical (unpaired) electrons. The van der Waals surface area contributed by atoms with Crippen LogP contribution >= 0.6 is 23.4 Å². The Morgan fingerprint density at radius 1 is 1.18 bits per heavy atom. The molecule has 5 nitrogen and oxygen atoms in total. The number of methoxy groups -OCH3 is 1. The molecular weight excluding hydrogens is 398 g/mol. The molecule has 0 N–H and O–H groups in total. The molecule has 1 fully saturated rings. The number of hydrogen-bond acceptors (Lipinski definition) is 5. The van der Waals surface area contributed by atoms with Gasteiger partial charge in [-0.15, -0.1) is 0 Å². The van der Waals surface area contributed by atoms with Crippen LogP contribution in [0.4, 0.5) is 4.79 Å². The number of amides is 2. The molecule has 0 bridgehead atoms. The number of carbonyl (C=O) groups is 2. The van der Waals surface area contributed by atoms with Gasteiger partial charge in [-0.25, -0.2) is 0 Å². The van der Waals surface area contributed by atoms with Gasteiger partial charge >= 0.3 is 0 Å². The van der Waals surface area contributed by atoms with Crippen LogP contribution in [-0.2, 0) is 11.3 Å². The van der Waals surface area contributed by atoms with E-state index >= 15 is 0 Å². The topological polar surface area (TPSA) is 55.8 Å². The van der Waals surface area contributed by atoms with E-state index in [1.54, 1.807) is 61.7 Å². The first-order valence-corrected chi connectivity index (χ1v) is 9.63. The van der Waals surface area contributed by atoms with E-state index in [-0.39, 0.29) is 17.7 Å². The number of nitrogens with zero attached hydrogens (tertiary/aromatic N) is 1. The lowest BCUT2D eigenvalue weighted by molar-refractivity contribution is -0.123. The number of benzene rings is 2. The summed E-state index contributed by atoms with van der Waals surface area (Å²) in [7, 11) is 1.54. The van der Waals surface area contributed by atoms with Crippen molar-refractivity contribution in [2.75, 3.05) is 13.7 Å². The zero-order valence-corrected chi connectivity index (χ0v) is 16.8. The van der Waals surface area contributed by atoms with Gasteiger partial charge in [-0.05, 0) is 41.6 Å². The zero-order valence-electron chi connectivity index (χ0n) is 15.2. The molecule has 0 unspecified atom stereocenters. The van der Waals surface area contributed by atoms with Crippen LogP contribution in [0.15, 0.2) is 60.0 Å². The number of carbonyl (C=O) groups excluding carboxylic acids is 2. The van der Waals surface area contributed by atoms with Gasteiger partial charge < -0.3 is 9.47 Å². The van der Waals surface area contributed by atoms with Gasteiger partial charge in [0.15, 0.2) is 11.5 Å². The van der Waals surface area contributed by atoms with Crippen molar-refractivity contribution in [2.24, 2.45) is 0 Å². The first-order chi connectivity index (χ1) is 13.5. The van der Waals surface area contributed by atoms with Gasteiger partial charge in [0.05, 0.1) is 18.6 Å². The summed E-state index contributed by atoms with van der Waals surface area (Å²) in [4.78, 5) is 26.7. The van der Waals surface area contributed by atoms with E-state index in [1.807, 2.05) is 0 Å². The van der Waals surface area contributed by atoms with Crippen molar-refractivity contribution in [3.8, 4) is 11.5 Å². The molecule has 28 heavy (non-hydrogen) atoms. The predicted molar refractivity (Wildman–Crippen MR) is 112 cm³/mol. The van der Waals surface area contributed by atoms with Crippen LogP contribution < -0.4 is 9.47 Å². The van der Waals surface area contributed by atoms with E-state index in [2.05, 4.69) is 6.58 Å². The fraction of sp³-hybridized carbons (Fsp3) is 0.143. The zero-order chi connectivity index (χ0) is 20.1. The first kappa shape index (κ1) is 20.0. The van der Waals surface area contributed by atoms with Crippen LogP contribution in [0.5, 0.6) is 11.5 Å². The molecule has 0 atom stereocenters. The van der Waals surface area contributed by atoms with Crippen molar-refractivity contribution >= 4 is 40.6 Å². The average molecular weight is 416 g/mol. The van der Waals surface area contributed by atoms with Gasteiger partial charge in [-0.1, -0.05) is 48.5 Å². The fourth-order valence-electron chi connectivity index (χ4n) is 2.65. The van der Waals surface area contributed by atoms with E-state index in [0.717, 1.165) is 17.3 Å². The van der Waals surface area contributed by atoms with Crippen molar-refractivity contribution in [1.82, 2.24) is 4.90 Å². The Bertz CT molecular complexity index is 940. The number of imide groups is 1. The van der Waals surface area contributed by atoms with Crippen LogP contribution in [0, 0.1) is 0 Å². The van der Waals surface area contributed by atoms with Crippen LogP contribution in [-0.4, -0.2) is 29.8 Å². The number of ether oxygens (including phenoxy) is 2. The molecule has 0 aliphatic carbocycles. The smallest absolute Gasteiger partial charge is 0.293 e. The third kappa shape index (κ3) is 4.40. The Labute approximate surface area is 172 Å². The highest BCUT2D eigenvalue weighted by molar-refractivity contribution is 8.18. The molecular formula is C21H18ClNO4S. The first-order valence-electron chi connectivity index (χ1n) is 8.44. The summed E-state index contributed by atoms with van der Waals surface area (Å²) in [5.41, 5.74) is 1.47. The van der Waals surface area contributed by atoms with E-state index < -0.39 is 0 Å². The molecule has 144 valence electrons. The van der Waals surface area contributed by atoms with Crippen molar-refractivity contribution in [1.29, 1.82) is 0 Å². The summed E-state index contributed by atoms with van der Waals surface area (Å²) >= 11 is 6.79. The maximum atomic E-state index is 12.8. The Balaban J connectivity index is 1.87. The molecule has 1 aliphatic rings. The minimum Gasteiger partial charge on any atom is -0.493 e. The Morgan fingerprint density at radius 3 is 2.61 bits per heavy atom. The highest BCUT2D eigenvalue weighted by Gasteiger charge is 2.35. The van der Waals surface area contributed by atoms with Gasteiger partial charge in [0.25, 0.3) is 11.1 Å². The summed E-state index contributed by atoms with van der Waals surface area (Å²) in [6.45, 7) is 4.12. The highest BCUT2D eigenvalue weighted by atomic mass is 35.5. The second-order valence-corrected chi connectivity index (χ2v) is 7.30. The average Bonchev–Trinajstić information content (AvgIpc) is 2.95. The Kier molecular flexibility index (Phi) is 6.44. The molecule has 2 amide bonds. The summed E-state index contributed by atoms with van der Waals surface area (Å²) in [6, 6.07) is 12.4. The largest absolute Gasteiger partial charge is 0.493 e. The van der Waals surface area contributed by atoms with E-state index in [0.29, 0.717) is 33.6 Å². The van der Waals surface area contributed by atoms with Crippen molar-refractivity contribution in [2.45, 2.75) is 6.54 Å². The number of hydrogen-bond donors (Lipinski definition) is 0. The molecule has 0 aromatic heterocycles. The second-order valence-electron chi connectivity index (χ2n) is 5.87. The summed E-state index contributed by atoms with van der Waals surface area (Å²) < 4.78 is 11.0. The lowest BCUT2D eigenvalue weighted by Gasteiger charge is -2.13. The molecule has 1 aliphatic heterocycles. The quantitative estimate of drug-likeness (QED) is 0.462. The molecule has 0 saturated carbocycles. The van der Waals surface area contributed by atoms with E-state index in [9.17, 15) is 9.59 Å². The Hall–Kier alpha value is -2.70. The normalized spacial score (nSPS) is 15.2. The molecule has 2 aromatic carbocycles. The van der Waals surface area contributed by atoms with E-state index in [1.165, 1.54) is 4.90 Å². The third-order valence-corrected chi connectivity index (χ3v) is 5.15. The standard InChI is InChI=1S/C21H18ClNO4S/c1-3-11-27-19-15(5-4-6-17(19)26-2)12-18-20(24)23(21(25)28-18)13-14-7-9-16(22)10-8-14/h3-10,12H,1,11,13H2,2H3/b18-12-. The molecule has 1 saturated heterocycles. The number of halogens is 1. The van der Waals surface area contributed by atoms with Crippen molar-refractivity contribution in [3.05, 3.63) is 76.2 Å². The lowest BCUT2D eigenvalue weighted by atomic mass is 10.1. The minimum atomic E-state index is -0.345. The van der Waals surface area contributed by atoms with Crippen LogP contribution in [0.2, 0.25) is 5.02 Å². The summed E-state index contributed by atoms with van der Waals surface area (Å²) in [5, 5.41) is 0.283. The van der Waals surface area contributed by atoms with Crippen LogP contribution in [0.25, 0.3) is 6.08 Å². The fourth-order valence-corrected chi connectivity index (χ4v) is 3.61. The van der Waals surface area contributed by atoms with Crippen LogP contribution in [0.1, 0.15) is 11.1 Å².